The molecule has 1 aromatic rings. The van der Waals surface area contributed by atoms with Gasteiger partial charge in [-0.2, -0.15) is 0 Å². The van der Waals surface area contributed by atoms with Crippen molar-refractivity contribution in [2.45, 2.75) is 71.8 Å². The summed E-state index contributed by atoms with van der Waals surface area (Å²) in [6, 6.07) is 6.22. The van der Waals surface area contributed by atoms with E-state index in [1.165, 1.54) is 38.8 Å². The van der Waals surface area contributed by atoms with Crippen molar-refractivity contribution < 1.29 is 9.53 Å². The molecule has 1 saturated heterocycles. The number of hydrogen-bond donors (Lipinski definition) is 1. The molecule has 1 aliphatic heterocycles. The number of rotatable bonds is 8. The molecule has 1 atom stereocenters. The molecule has 0 aromatic heterocycles. The van der Waals surface area contributed by atoms with Gasteiger partial charge in [0.2, 0.25) is 0 Å². The number of benzene rings is 1. The van der Waals surface area contributed by atoms with Crippen LogP contribution in [0.25, 0.3) is 0 Å². The van der Waals surface area contributed by atoms with Crippen LogP contribution in [-0.4, -0.2) is 43.1 Å². The van der Waals surface area contributed by atoms with Crippen molar-refractivity contribution >= 4 is 5.91 Å². The van der Waals surface area contributed by atoms with Crippen LogP contribution in [0.4, 0.5) is 0 Å². The normalized spacial score (nSPS) is 17.0. The van der Waals surface area contributed by atoms with Gasteiger partial charge in [-0.25, -0.2) is 0 Å². The minimum Gasteiger partial charge on any atom is -0.481 e. The van der Waals surface area contributed by atoms with Gasteiger partial charge in [0.15, 0.2) is 6.10 Å². The molecule has 2 rings (SSSR count). The Balaban J connectivity index is 1.76. The van der Waals surface area contributed by atoms with E-state index in [1.54, 1.807) is 0 Å². The van der Waals surface area contributed by atoms with Gasteiger partial charge in [0, 0.05) is 6.54 Å². The van der Waals surface area contributed by atoms with E-state index in [1.807, 2.05) is 19.9 Å². The van der Waals surface area contributed by atoms with Gasteiger partial charge in [0.25, 0.3) is 5.91 Å². The summed E-state index contributed by atoms with van der Waals surface area (Å²) in [5.74, 6) is 1.17. The third-order valence-electron chi connectivity index (χ3n) is 5.11. The zero-order chi connectivity index (χ0) is 18.9. The summed E-state index contributed by atoms with van der Waals surface area (Å²) < 4.78 is 5.99. The maximum atomic E-state index is 12.4. The zero-order valence-corrected chi connectivity index (χ0v) is 17.0. The van der Waals surface area contributed by atoms with Crippen LogP contribution in [0.2, 0.25) is 0 Å². The molecule has 0 aliphatic carbocycles. The van der Waals surface area contributed by atoms with Crippen molar-refractivity contribution in [3.8, 4) is 5.75 Å². The quantitative estimate of drug-likeness (QED) is 0.704. The number of nitrogens with zero attached hydrogens (tertiary/aromatic N) is 1. The lowest BCUT2D eigenvalue weighted by atomic mass is 10.0. The van der Waals surface area contributed by atoms with E-state index in [4.69, 9.17) is 4.74 Å². The fourth-order valence-corrected chi connectivity index (χ4v) is 3.48. The Hall–Kier alpha value is -1.55. The Morgan fingerprint density at radius 2 is 1.85 bits per heavy atom. The fraction of sp³-hybridized carbons (Fsp3) is 0.682. The highest BCUT2D eigenvalue weighted by Gasteiger charge is 2.17. The van der Waals surface area contributed by atoms with Crippen LogP contribution in [0.5, 0.6) is 5.75 Å². The Labute approximate surface area is 159 Å². The maximum Gasteiger partial charge on any atom is 0.260 e. The molecule has 1 aromatic carbocycles. The van der Waals surface area contributed by atoms with E-state index in [0.29, 0.717) is 12.5 Å². The average Bonchev–Trinajstić information content (AvgIpc) is 2.87. The Morgan fingerprint density at radius 1 is 1.15 bits per heavy atom. The summed E-state index contributed by atoms with van der Waals surface area (Å²) in [5, 5.41) is 3.03. The first-order chi connectivity index (χ1) is 12.5. The van der Waals surface area contributed by atoms with E-state index in [9.17, 15) is 4.79 Å². The highest BCUT2D eigenvalue weighted by atomic mass is 16.5. The first-order valence-corrected chi connectivity index (χ1v) is 10.2. The lowest BCUT2D eigenvalue weighted by Crippen LogP contribution is -2.38. The molecule has 4 heteroatoms. The minimum absolute atomic E-state index is 0.0305. The van der Waals surface area contributed by atoms with Gasteiger partial charge in [0.05, 0.1) is 0 Å². The van der Waals surface area contributed by atoms with Crippen molar-refractivity contribution in [1.82, 2.24) is 10.2 Å². The fourth-order valence-electron chi connectivity index (χ4n) is 3.48. The summed E-state index contributed by atoms with van der Waals surface area (Å²) in [7, 11) is 0. The SMILES string of the molecule is Cc1ccc(C(C)C)c(OC(C)C(=O)NCCCN2CCCCCC2)c1. The smallest absolute Gasteiger partial charge is 0.260 e. The second kappa shape index (κ2) is 10.6. The van der Waals surface area contributed by atoms with Crippen LogP contribution >= 0.6 is 0 Å². The predicted octanol–water partition coefficient (Wildman–Crippen LogP) is 4.27. The minimum atomic E-state index is -0.479. The molecule has 1 unspecified atom stereocenters. The van der Waals surface area contributed by atoms with Crippen LogP contribution < -0.4 is 10.1 Å². The number of nitrogens with one attached hydrogen (secondary N) is 1. The largest absolute Gasteiger partial charge is 0.481 e. The molecule has 26 heavy (non-hydrogen) atoms. The van der Waals surface area contributed by atoms with Crippen LogP contribution in [0.15, 0.2) is 18.2 Å². The summed E-state index contributed by atoms with van der Waals surface area (Å²) in [4.78, 5) is 14.9. The first-order valence-electron chi connectivity index (χ1n) is 10.2. The molecular weight excluding hydrogens is 324 g/mol. The van der Waals surface area contributed by atoms with Gasteiger partial charge in [0.1, 0.15) is 5.75 Å². The summed E-state index contributed by atoms with van der Waals surface area (Å²) in [6.07, 6.45) is 5.86. The zero-order valence-electron chi connectivity index (χ0n) is 17.0. The summed E-state index contributed by atoms with van der Waals surface area (Å²) in [6.45, 7) is 12.4. The second-order valence-electron chi connectivity index (χ2n) is 7.86. The van der Waals surface area contributed by atoms with E-state index >= 15 is 0 Å². The number of aryl methyl sites for hydroxylation is 1. The molecule has 0 saturated carbocycles. The molecule has 1 heterocycles. The molecule has 0 bridgehead atoms. The summed E-state index contributed by atoms with van der Waals surface area (Å²) in [5.41, 5.74) is 2.30. The van der Waals surface area contributed by atoms with Crippen LogP contribution in [0.1, 0.15) is 69.9 Å². The molecule has 1 amide bonds. The predicted molar refractivity (Wildman–Crippen MR) is 108 cm³/mol. The third-order valence-corrected chi connectivity index (χ3v) is 5.11. The van der Waals surface area contributed by atoms with E-state index in [0.717, 1.165) is 29.8 Å². The van der Waals surface area contributed by atoms with Crippen molar-refractivity contribution in [1.29, 1.82) is 0 Å². The molecule has 1 N–H and O–H groups in total. The molecule has 1 fully saturated rings. The van der Waals surface area contributed by atoms with E-state index < -0.39 is 6.10 Å². The molecule has 146 valence electrons. The molecular formula is C22H36N2O2. The van der Waals surface area contributed by atoms with E-state index in [2.05, 4.69) is 36.2 Å². The van der Waals surface area contributed by atoms with Gasteiger partial charge in [-0.1, -0.05) is 38.8 Å². The van der Waals surface area contributed by atoms with E-state index in [-0.39, 0.29) is 5.91 Å². The number of ether oxygens (including phenoxy) is 1. The Morgan fingerprint density at radius 3 is 2.50 bits per heavy atom. The number of hydrogen-bond acceptors (Lipinski definition) is 3. The average molecular weight is 361 g/mol. The van der Waals surface area contributed by atoms with Crippen LogP contribution in [-0.2, 0) is 4.79 Å². The van der Waals surface area contributed by atoms with Gasteiger partial charge >= 0.3 is 0 Å². The number of carbonyl (C=O) groups is 1. The Kier molecular flexibility index (Phi) is 8.43. The van der Waals surface area contributed by atoms with Crippen molar-refractivity contribution in [2.75, 3.05) is 26.2 Å². The van der Waals surface area contributed by atoms with Gasteiger partial charge < -0.3 is 15.0 Å². The summed E-state index contributed by atoms with van der Waals surface area (Å²) >= 11 is 0. The number of likely N-dealkylation sites (tertiary alicyclic amines) is 1. The third kappa shape index (κ3) is 6.64. The molecule has 0 radical (unpaired) electrons. The van der Waals surface area contributed by atoms with Gasteiger partial charge in [-0.05, 0) is 75.9 Å². The highest BCUT2D eigenvalue weighted by molar-refractivity contribution is 5.80. The Bertz CT molecular complexity index is 563. The lowest BCUT2D eigenvalue weighted by Gasteiger charge is -2.21. The maximum absolute atomic E-state index is 12.4. The van der Waals surface area contributed by atoms with Gasteiger partial charge in [-0.15, -0.1) is 0 Å². The van der Waals surface area contributed by atoms with Gasteiger partial charge in [-0.3, -0.25) is 4.79 Å². The second-order valence-corrected chi connectivity index (χ2v) is 7.86. The topological polar surface area (TPSA) is 41.6 Å². The molecule has 0 spiro atoms. The first kappa shape index (κ1) is 20.8. The van der Waals surface area contributed by atoms with Crippen molar-refractivity contribution in [2.24, 2.45) is 0 Å². The molecule has 4 nitrogen and oxygen atoms in total. The molecule has 1 aliphatic rings. The highest BCUT2D eigenvalue weighted by Crippen LogP contribution is 2.28. The monoisotopic (exact) mass is 360 g/mol. The van der Waals surface area contributed by atoms with Crippen LogP contribution in [0, 0.1) is 6.92 Å². The number of amides is 1. The lowest BCUT2D eigenvalue weighted by molar-refractivity contribution is -0.127. The van der Waals surface area contributed by atoms with Crippen LogP contribution in [0.3, 0.4) is 0 Å². The van der Waals surface area contributed by atoms with Crippen molar-refractivity contribution in [3.05, 3.63) is 29.3 Å². The standard InChI is InChI=1S/C22H36N2O2/c1-17(2)20-11-10-18(3)16-21(20)26-19(4)22(25)23-12-9-15-24-13-7-5-6-8-14-24/h10-11,16-17,19H,5-9,12-15H2,1-4H3,(H,23,25). The van der Waals surface area contributed by atoms with Crippen molar-refractivity contribution in [3.63, 3.8) is 0 Å². The number of carbonyl (C=O) groups excluding carboxylic acids is 1.